The van der Waals surface area contributed by atoms with E-state index in [2.05, 4.69) is 0 Å². The standard InChI is InChI=1S/C14H13F2NOS/c15-12-2-1-3-13(7-12)19(18)9-10-4-5-14(16)11(6-10)8-17/h1-7H,8-9,17H2. The van der Waals surface area contributed by atoms with Gasteiger partial charge in [0.1, 0.15) is 11.6 Å². The Morgan fingerprint density at radius 1 is 1.11 bits per heavy atom. The molecule has 0 amide bonds. The Morgan fingerprint density at radius 3 is 2.58 bits per heavy atom. The van der Waals surface area contributed by atoms with Crippen molar-refractivity contribution in [3.63, 3.8) is 0 Å². The summed E-state index contributed by atoms with van der Waals surface area (Å²) in [5.74, 6) is -0.591. The van der Waals surface area contributed by atoms with Crippen LogP contribution in [0.1, 0.15) is 11.1 Å². The van der Waals surface area contributed by atoms with Crippen LogP contribution in [0.15, 0.2) is 47.4 Å². The van der Waals surface area contributed by atoms with Crippen molar-refractivity contribution >= 4 is 10.8 Å². The SMILES string of the molecule is NCc1cc(CS(=O)c2cccc(F)c2)ccc1F. The normalized spacial score (nSPS) is 12.4. The summed E-state index contributed by atoms with van der Waals surface area (Å²) in [6, 6.07) is 10.1. The van der Waals surface area contributed by atoms with Gasteiger partial charge in [0.05, 0.1) is 16.6 Å². The monoisotopic (exact) mass is 281 g/mol. The van der Waals surface area contributed by atoms with Crippen molar-refractivity contribution in [3.05, 3.63) is 65.2 Å². The summed E-state index contributed by atoms with van der Waals surface area (Å²) in [6.45, 7) is 0.0896. The Kier molecular flexibility index (Phi) is 4.39. The van der Waals surface area contributed by atoms with E-state index in [4.69, 9.17) is 5.73 Å². The molecule has 1 unspecified atom stereocenters. The first kappa shape index (κ1) is 13.8. The van der Waals surface area contributed by atoms with Gasteiger partial charge in [0.25, 0.3) is 0 Å². The minimum atomic E-state index is -1.36. The molecule has 0 aliphatic rings. The summed E-state index contributed by atoms with van der Waals surface area (Å²) in [6.07, 6.45) is 0. The van der Waals surface area contributed by atoms with Crippen LogP contribution in [-0.2, 0) is 23.1 Å². The minimum Gasteiger partial charge on any atom is -0.326 e. The van der Waals surface area contributed by atoms with E-state index in [-0.39, 0.29) is 18.1 Å². The van der Waals surface area contributed by atoms with E-state index in [0.717, 1.165) is 0 Å². The molecule has 0 saturated heterocycles. The summed E-state index contributed by atoms with van der Waals surface area (Å²) < 4.78 is 38.4. The lowest BCUT2D eigenvalue weighted by molar-refractivity contribution is 0.610. The molecule has 0 radical (unpaired) electrons. The number of benzene rings is 2. The van der Waals surface area contributed by atoms with Crippen LogP contribution >= 0.6 is 0 Å². The second-order valence-corrected chi connectivity index (χ2v) is 5.53. The lowest BCUT2D eigenvalue weighted by Gasteiger charge is -2.06. The van der Waals surface area contributed by atoms with E-state index >= 15 is 0 Å². The molecule has 5 heteroatoms. The lowest BCUT2D eigenvalue weighted by Crippen LogP contribution is -2.03. The maximum Gasteiger partial charge on any atom is 0.127 e. The quantitative estimate of drug-likeness (QED) is 0.936. The highest BCUT2D eigenvalue weighted by molar-refractivity contribution is 7.84. The molecular formula is C14H13F2NOS. The maximum atomic E-state index is 13.3. The zero-order chi connectivity index (χ0) is 13.8. The molecule has 0 heterocycles. The van der Waals surface area contributed by atoms with Gasteiger partial charge in [-0.25, -0.2) is 8.78 Å². The van der Waals surface area contributed by atoms with Crippen molar-refractivity contribution in [3.8, 4) is 0 Å². The third kappa shape index (κ3) is 3.45. The fourth-order valence-electron chi connectivity index (χ4n) is 1.72. The van der Waals surface area contributed by atoms with Gasteiger partial charge in [-0.05, 0) is 29.8 Å². The summed E-state index contributed by atoms with van der Waals surface area (Å²) in [4.78, 5) is 0.415. The van der Waals surface area contributed by atoms with Crippen LogP contribution in [0, 0.1) is 11.6 Å². The number of rotatable bonds is 4. The van der Waals surface area contributed by atoms with Crippen molar-refractivity contribution in [1.82, 2.24) is 0 Å². The molecule has 0 saturated carbocycles. The molecule has 0 spiro atoms. The van der Waals surface area contributed by atoms with Gasteiger partial charge in [-0.3, -0.25) is 4.21 Å². The Labute approximate surface area is 112 Å². The molecule has 0 fully saturated rings. The van der Waals surface area contributed by atoms with Crippen LogP contribution < -0.4 is 5.73 Å². The highest BCUT2D eigenvalue weighted by Crippen LogP contribution is 2.16. The van der Waals surface area contributed by atoms with E-state index in [9.17, 15) is 13.0 Å². The molecule has 2 rings (SSSR count). The molecule has 100 valence electrons. The molecule has 0 bridgehead atoms. The third-order valence-corrected chi connectivity index (χ3v) is 4.06. The number of halogens is 2. The van der Waals surface area contributed by atoms with Crippen molar-refractivity contribution < 1.29 is 13.0 Å². The third-order valence-electron chi connectivity index (χ3n) is 2.69. The van der Waals surface area contributed by atoms with Crippen LogP contribution in [-0.4, -0.2) is 4.21 Å². The van der Waals surface area contributed by atoms with Gasteiger partial charge in [-0.15, -0.1) is 0 Å². The van der Waals surface area contributed by atoms with E-state index in [1.165, 1.54) is 24.3 Å². The van der Waals surface area contributed by atoms with Crippen LogP contribution in [0.2, 0.25) is 0 Å². The van der Waals surface area contributed by atoms with Crippen molar-refractivity contribution in [2.45, 2.75) is 17.2 Å². The van der Waals surface area contributed by atoms with E-state index < -0.39 is 16.6 Å². The summed E-state index contributed by atoms with van der Waals surface area (Å²) >= 11 is 0. The average molecular weight is 281 g/mol. The van der Waals surface area contributed by atoms with Gasteiger partial charge in [-0.1, -0.05) is 18.2 Å². The summed E-state index contributed by atoms with van der Waals surface area (Å²) in [5, 5.41) is 0. The zero-order valence-corrected chi connectivity index (χ0v) is 10.9. The molecule has 2 aromatic carbocycles. The predicted molar refractivity (Wildman–Crippen MR) is 70.8 cm³/mol. The second kappa shape index (κ2) is 6.04. The molecule has 2 nitrogen and oxygen atoms in total. The van der Waals surface area contributed by atoms with E-state index in [1.54, 1.807) is 18.2 Å². The Hall–Kier alpha value is -1.59. The van der Waals surface area contributed by atoms with Crippen molar-refractivity contribution in [2.24, 2.45) is 5.73 Å². The molecule has 2 N–H and O–H groups in total. The smallest absolute Gasteiger partial charge is 0.127 e. The molecular weight excluding hydrogens is 268 g/mol. The van der Waals surface area contributed by atoms with Crippen LogP contribution in [0.25, 0.3) is 0 Å². The van der Waals surface area contributed by atoms with Crippen LogP contribution in [0.3, 0.4) is 0 Å². The highest BCUT2D eigenvalue weighted by Gasteiger charge is 2.08. The number of nitrogens with two attached hydrogens (primary N) is 1. The van der Waals surface area contributed by atoms with E-state index in [1.807, 2.05) is 0 Å². The molecule has 0 aliphatic carbocycles. The Bertz CT molecular complexity index is 616. The Morgan fingerprint density at radius 2 is 1.89 bits per heavy atom. The van der Waals surface area contributed by atoms with Crippen molar-refractivity contribution in [1.29, 1.82) is 0 Å². The highest BCUT2D eigenvalue weighted by atomic mass is 32.2. The lowest BCUT2D eigenvalue weighted by atomic mass is 10.1. The molecule has 2 aromatic rings. The van der Waals surface area contributed by atoms with Gasteiger partial charge in [-0.2, -0.15) is 0 Å². The number of hydrogen-bond acceptors (Lipinski definition) is 2. The number of hydrogen-bond donors (Lipinski definition) is 1. The van der Waals surface area contributed by atoms with Gasteiger partial charge < -0.3 is 5.73 Å². The zero-order valence-electron chi connectivity index (χ0n) is 10.1. The Balaban J connectivity index is 2.19. The minimum absolute atomic E-state index is 0.0896. The summed E-state index contributed by atoms with van der Waals surface area (Å²) in [5.41, 5.74) is 6.51. The molecule has 19 heavy (non-hydrogen) atoms. The molecule has 1 atom stereocenters. The molecule has 0 aliphatic heterocycles. The first-order chi connectivity index (χ1) is 9.10. The van der Waals surface area contributed by atoms with Crippen LogP contribution in [0.5, 0.6) is 0 Å². The first-order valence-corrected chi connectivity index (χ1v) is 7.03. The topological polar surface area (TPSA) is 43.1 Å². The second-order valence-electron chi connectivity index (χ2n) is 4.08. The van der Waals surface area contributed by atoms with Gasteiger partial charge in [0, 0.05) is 17.0 Å². The van der Waals surface area contributed by atoms with Gasteiger partial charge in [0.2, 0.25) is 0 Å². The van der Waals surface area contributed by atoms with Gasteiger partial charge in [0.15, 0.2) is 0 Å². The van der Waals surface area contributed by atoms with Crippen molar-refractivity contribution in [2.75, 3.05) is 0 Å². The predicted octanol–water partition coefficient (Wildman–Crippen LogP) is 2.73. The largest absolute Gasteiger partial charge is 0.326 e. The summed E-state index contributed by atoms with van der Waals surface area (Å²) in [7, 11) is -1.36. The molecule has 0 aromatic heterocycles. The van der Waals surface area contributed by atoms with E-state index in [0.29, 0.717) is 16.0 Å². The fourth-order valence-corrected chi connectivity index (χ4v) is 2.84. The first-order valence-electron chi connectivity index (χ1n) is 5.71. The average Bonchev–Trinajstić information content (AvgIpc) is 2.41. The maximum absolute atomic E-state index is 13.3. The van der Waals surface area contributed by atoms with Gasteiger partial charge >= 0.3 is 0 Å². The van der Waals surface area contributed by atoms with Crippen LogP contribution in [0.4, 0.5) is 8.78 Å². The fraction of sp³-hybridized carbons (Fsp3) is 0.143.